The average molecular weight is 525 g/mol. The van der Waals surface area contributed by atoms with Gasteiger partial charge in [-0.1, -0.05) is 5.11 Å². The van der Waals surface area contributed by atoms with Gasteiger partial charge in [-0.05, 0) is 5.53 Å². The van der Waals surface area contributed by atoms with E-state index in [1.54, 1.807) is 4.98 Å². The van der Waals surface area contributed by atoms with Crippen molar-refractivity contribution >= 4 is 29.2 Å². The van der Waals surface area contributed by atoms with E-state index in [9.17, 15) is 38.4 Å². The summed E-state index contributed by atoms with van der Waals surface area (Å²) in [5.41, 5.74) is 5.51. The van der Waals surface area contributed by atoms with Crippen LogP contribution in [0.5, 0.6) is 0 Å². The number of phosphoric acid groups is 3. The zero-order chi connectivity index (χ0) is 24.5. The maximum absolute atomic E-state index is 12.4. The normalized spacial score (nSPS) is 27.3. The van der Waals surface area contributed by atoms with Crippen LogP contribution in [0.2, 0.25) is 0 Å². The Hall–Kier alpha value is -1.72. The molecule has 2 unspecified atom stereocenters. The number of ether oxygens (including phenoxy) is 1. The van der Waals surface area contributed by atoms with Crippen LogP contribution in [-0.2, 0) is 36.1 Å². The minimum absolute atomic E-state index is 0.467. The molecule has 0 saturated carbocycles. The molecule has 0 aliphatic carbocycles. The average Bonchev–Trinajstić information content (AvgIpc) is 2.89. The van der Waals surface area contributed by atoms with Gasteiger partial charge in [-0.3, -0.25) is 23.4 Å². The highest BCUT2D eigenvalue weighted by Crippen LogP contribution is 2.68. The van der Waals surface area contributed by atoms with E-state index >= 15 is 0 Å². The standard InChI is InChI=1S/C9H14N5O15P3/c1-25-32(24,29-31(22,23)28-30(19,20)21)27-8-5(16)4(15)7(26-8)14-2-3(12-13-10)6(17)11-9(14)18/h2,4-5,7-8,15-16H,1H3,(H,22,23)(H,11,17,18)(H2,19,20,21)/t4-,5+,7+,8-,32?/m1/s1. The topological polar surface area (TPSA) is 302 Å². The van der Waals surface area contributed by atoms with Gasteiger partial charge in [-0.15, -0.1) is 0 Å². The molecule has 2 rings (SSSR count). The van der Waals surface area contributed by atoms with Crippen molar-refractivity contribution in [1.82, 2.24) is 9.55 Å². The lowest BCUT2D eigenvalue weighted by molar-refractivity contribution is -0.136. The number of aromatic amines is 1. The lowest BCUT2D eigenvalue weighted by atomic mass is 10.2. The van der Waals surface area contributed by atoms with Gasteiger partial charge >= 0.3 is 29.2 Å². The molecule has 1 aromatic heterocycles. The van der Waals surface area contributed by atoms with Crippen LogP contribution in [0.4, 0.5) is 5.69 Å². The van der Waals surface area contributed by atoms with E-state index < -0.39 is 65.1 Å². The SMILES string of the molecule is COP(=O)(O[C@H]1O[C@H](n2cc(N=[N+]=[N-])c(=O)[nH]c2=O)[C@H](O)[C@@H]1O)OP(=O)(O)OP(=O)(O)O. The van der Waals surface area contributed by atoms with Gasteiger partial charge in [0, 0.05) is 18.2 Å². The summed E-state index contributed by atoms with van der Waals surface area (Å²) in [4.78, 5) is 54.1. The molecule has 0 bridgehead atoms. The Bertz CT molecular complexity index is 1170. The van der Waals surface area contributed by atoms with E-state index in [2.05, 4.69) is 27.7 Å². The van der Waals surface area contributed by atoms with Crippen LogP contribution in [0.1, 0.15) is 6.23 Å². The summed E-state index contributed by atoms with van der Waals surface area (Å²) in [5, 5.41) is 23.2. The third-order valence-corrected chi connectivity index (χ3v) is 7.65. The first-order valence-electron chi connectivity index (χ1n) is 7.69. The Balaban J connectivity index is 2.31. The molecular formula is C9H14N5O15P3. The number of hydrogen-bond donors (Lipinski definition) is 6. The fraction of sp³-hybridized carbons (Fsp3) is 0.556. The molecule has 0 aromatic carbocycles. The number of hydrogen-bond acceptors (Lipinski definition) is 13. The fourth-order valence-corrected chi connectivity index (χ4v) is 5.64. The van der Waals surface area contributed by atoms with Crippen molar-refractivity contribution in [3.63, 3.8) is 0 Å². The Labute approximate surface area is 175 Å². The van der Waals surface area contributed by atoms with E-state index in [1.165, 1.54) is 0 Å². The van der Waals surface area contributed by atoms with Gasteiger partial charge < -0.3 is 29.6 Å². The van der Waals surface area contributed by atoms with Gasteiger partial charge in [0.15, 0.2) is 12.5 Å². The molecule has 6 atom stereocenters. The third kappa shape index (κ3) is 6.41. The number of H-pyrrole nitrogens is 1. The van der Waals surface area contributed by atoms with Gasteiger partial charge in [-0.2, -0.15) is 8.62 Å². The number of aliphatic hydroxyl groups excluding tert-OH is 2. The molecule has 0 radical (unpaired) electrons. The molecule has 1 aliphatic heterocycles. The predicted octanol–water partition coefficient (Wildman–Crippen LogP) is -0.948. The molecule has 20 nitrogen and oxygen atoms in total. The molecule has 1 saturated heterocycles. The summed E-state index contributed by atoms with van der Waals surface area (Å²) < 4.78 is 56.5. The van der Waals surface area contributed by atoms with Crippen LogP contribution in [0.25, 0.3) is 10.4 Å². The molecule has 180 valence electrons. The van der Waals surface area contributed by atoms with Gasteiger partial charge in [0.05, 0.1) is 0 Å². The monoisotopic (exact) mass is 525 g/mol. The smallest absolute Gasteiger partial charge is 0.385 e. The Morgan fingerprint density at radius 2 is 1.81 bits per heavy atom. The summed E-state index contributed by atoms with van der Waals surface area (Å²) in [5.74, 6) is 0. The summed E-state index contributed by atoms with van der Waals surface area (Å²) in [7, 11) is -16.0. The highest BCUT2D eigenvalue weighted by atomic mass is 31.3. The van der Waals surface area contributed by atoms with E-state index in [1.807, 2.05) is 0 Å². The van der Waals surface area contributed by atoms with Crippen LogP contribution in [0.3, 0.4) is 0 Å². The molecule has 1 aromatic rings. The Morgan fingerprint density at radius 3 is 2.34 bits per heavy atom. The van der Waals surface area contributed by atoms with Crippen LogP contribution < -0.4 is 11.2 Å². The second-order valence-corrected chi connectivity index (χ2v) is 10.3. The Kier molecular flexibility index (Phi) is 7.99. The number of nitrogens with zero attached hydrogens (tertiary/aromatic N) is 4. The summed E-state index contributed by atoms with van der Waals surface area (Å²) in [6.07, 6.45) is -7.55. The van der Waals surface area contributed by atoms with Crippen molar-refractivity contribution in [3.8, 4) is 0 Å². The highest BCUT2D eigenvalue weighted by Gasteiger charge is 2.51. The van der Waals surface area contributed by atoms with Crippen molar-refractivity contribution in [1.29, 1.82) is 0 Å². The second-order valence-electron chi connectivity index (χ2n) is 5.60. The lowest BCUT2D eigenvalue weighted by Gasteiger charge is -2.22. The molecule has 0 spiro atoms. The molecule has 1 aliphatic rings. The van der Waals surface area contributed by atoms with Crippen LogP contribution in [-0.4, -0.2) is 60.1 Å². The van der Waals surface area contributed by atoms with E-state index in [0.717, 1.165) is 0 Å². The van der Waals surface area contributed by atoms with Crippen molar-refractivity contribution in [3.05, 3.63) is 37.5 Å². The lowest BCUT2D eigenvalue weighted by Crippen LogP contribution is -2.37. The first-order chi connectivity index (χ1) is 14.6. The molecule has 32 heavy (non-hydrogen) atoms. The highest BCUT2D eigenvalue weighted by molar-refractivity contribution is 7.66. The first-order valence-corrected chi connectivity index (χ1v) is 12.2. The van der Waals surface area contributed by atoms with Crippen LogP contribution in [0.15, 0.2) is 20.9 Å². The second kappa shape index (κ2) is 9.64. The quantitative estimate of drug-likeness (QED) is 0.0980. The number of azide groups is 1. The summed E-state index contributed by atoms with van der Waals surface area (Å²) in [6.45, 7) is 0. The largest absolute Gasteiger partial charge is 0.490 e. The van der Waals surface area contributed by atoms with Gasteiger partial charge in [0.25, 0.3) is 5.56 Å². The molecule has 0 amide bonds. The van der Waals surface area contributed by atoms with Gasteiger partial charge in [0.1, 0.15) is 17.9 Å². The fourth-order valence-electron chi connectivity index (χ4n) is 2.23. The maximum Gasteiger partial charge on any atom is 0.490 e. The molecule has 6 N–H and O–H groups in total. The summed E-state index contributed by atoms with van der Waals surface area (Å²) >= 11 is 0. The van der Waals surface area contributed by atoms with Crippen molar-refractivity contribution < 1.29 is 61.0 Å². The predicted molar refractivity (Wildman–Crippen MR) is 95.8 cm³/mol. The zero-order valence-corrected chi connectivity index (χ0v) is 18.0. The van der Waals surface area contributed by atoms with Crippen LogP contribution in [0, 0.1) is 0 Å². The molecular weight excluding hydrogens is 511 g/mol. The maximum atomic E-state index is 12.4. The molecule has 1 fully saturated rings. The van der Waals surface area contributed by atoms with Crippen molar-refractivity contribution in [2.45, 2.75) is 24.7 Å². The van der Waals surface area contributed by atoms with Gasteiger partial charge in [0.2, 0.25) is 0 Å². The number of aliphatic hydroxyl groups is 2. The van der Waals surface area contributed by atoms with E-state index in [4.69, 9.17) is 20.1 Å². The number of aromatic nitrogens is 2. The minimum atomic E-state index is -5.76. The van der Waals surface area contributed by atoms with Crippen LogP contribution >= 0.6 is 23.5 Å². The molecule has 2 heterocycles. The van der Waals surface area contributed by atoms with Crippen molar-refractivity contribution in [2.75, 3.05) is 7.11 Å². The summed E-state index contributed by atoms with van der Waals surface area (Å²) in [6, 6.07) is 0. The number of nitrogens with one attached hydrogen (secondary N) is 1. The molecule has 23 heteroatoms. The Morgan fingerprint density at radius 1 is 1.19 bits per heavy atom. The van der Waals surface area contributed by atoms with E-state index in [-0.39, 0.29) is 0 Å². The van der Waals surface area contributed by atoms with Crippen molar-refractivity contribution in [2.24, 2.45) is 5.11 Å². The first kappa shape index (κ1) is 26.5. The minimum Gasteiger partial charge on any atom is -0.385 e. The van der Waals surface area contributed by atoms with E-state index in [0.29, 0.717) is 17.9 Å². The van der Waals surface area contributed by atoms with Gasteiger partial charge in [-0.25, -0.2) is 18.5 Å². The number of phosphoric ester groups is 1. The third-order valence-electron chi connectivity index (χ3n) is 3.44. The number of rotatable bonds is 9. The zero-order valence-electron chi connectivity index (χ0n) is 15.3.